The Kier molecular flexibility index (Phi) is 34.5. The number of unbranched alkanes of at least 4 members (excludes halogenated alkanes) is 10. The maximum Gasteiger partial charge on any atom is 0.306 e. The van der Waals surface area contributed by atoms with Crippen molar-refractivity contribution in [1.29, 1.82) is 0 Å². The second-order valence-corrected chi connectivity index (χ2v) is 14.8. The first-order valence-electron chi connectivity index (χ1n) is 21.0. The molecule has 0 saturated carbocycles. The van der Waals surface area contributed by atoms with E-state index in [9.17, 15) is 19.5 Å². The number of rotatable bonds is 36. The molecule has 0 bridgehead atoms. The summed E-state index contributed by atoms with van der Waals surface area (Å²) in [6, 6.07) is -0.735. The summed E-state index contributed by atoms with van der Waals surface area (Å²) in [4.78, 5) is 36.7. The van der Waals surface area contributed by atoms with Gasteiger partial charge < -0.3 is 28.6 Å². The average molecular weight is 756 g/mol. The first-order valence-corrected chi connectivity index (χ1v) is 21.0. The minimum absolute atomic E-state index is 0.0207. The van der Waals surface area contributed by atoms with Crippen molar-refractivity contribution in [3.8, 4) is 0 Å². The first kappa shape index (κ1) is 50.8. The third kappa shape index (κ3) is 34.5. The van der Waals surface area contributed by atoms with Crippen molar-refractivity contribution < 1.29 is 38.2 Å². The van der Waals surface area contributed by atoms with Crippen LogP contribution >= 0.6 is 0 Å². The summed E-state index contributed by atoms with van der Waals surface area (Å²) >= 11 is 0. The van der Waals surface area contributed by atoms with E-state index in [1.54, 1.807) is 21.1 Å². The zero-order chi connectivity index (χ0) is 40.0. The zero-order valence-corrected chi connectivity index (χ0v) is 34.9. The van der Waals surface area contributed by atoms with Gasteiger partial charge in [-0.15, -0.1) is 0 Å². The molecule has 2 atom stereocenters. The quantitative estimate of drug-likeness (QED) is 0.0272. The van der Waals surface area contributed by atoms with Crippen molar-refractivity contribution in [3.05, 3.63) is 72.9 Å². The minimum atomic E-state index is -1.14. The lowest BCUT2D eigenvalue weighted by molar-refractivity contribution is -0.889. The number of nitrogens with zero attached hydrogens (tertiary/aromatic N) is 1. The molecule has 0 rings (SSSR count). The van der Waals surface area contributed by atoms with Crippen LogP contribution in [0.25, 0.3) is 0 Å². The molecular formula is C46H77NO7. The SMILES string of the molecule is CC/C=C/C/C=C/C/C=C/C/C=C/C/C=C/CCCCCC(=O)OC(COCCC(C(=O)[O-])[N+](C)(C)C)COC(=O)CCCCCCC/C=C/CCCC. The molecular weight excluding hydrogens is 679 g/mol. The molecule has 0 aromatic heterocycles. The lowest BCUT2D eigenvalue weighted by Crippen LogP contribution is -2.55. The van der Waals surface area contributed by atoms with Gasteiger partial charge in [0.1, 0.15) is 12.6 Å². The summed E-state index contributed by atoms with van der Waals surface area (Å²) in [6.07, 6.45) is 45.0. The molecule has 0 aromatic carbocycles. The van der Waals surface area contributed by atoms with E-state index in [-0.39, 0.29) is 49.1 Å². The Labute approximate surface area is 330 Å². The number of quaternary nitrogens is 1. The fraction of sp³-hybridized carbons (Fsp3) is 0.674. The van der Waals surface area contributed by atoms with Gasteiger partial charge in [-0.2, -0.15) is 0 Å². The molecule has 0 aliphatic carbocycles. The van der Waals surface area contributed by atoms with Gasteiger partial charge in [-0.3, -0.25) is 9.59 Å². The predicted octanol–water partition coefficient (Wildman–Crippen LogP) is 9.85. The third-order valence-electron chi connectivity index (χ3n) is 8.83. The van der Waals surface area contributed by atoms with Crippen LogP contribution in [-0.4, -0.2) is 75.5 Å². The number of aliphatic carboxylic acids is 1. The Bertz CT molecular complexity index is 1110. The smallest absolute Gasteiger partial charge is 0.306 e. The first-order chi connectivity index (χ1) is 26.1. The lowest BCUT2D eigenvalue weighted by Gasteiger charge is -2.34. The van der Waals surface area contributed by atoms with Crippen LogP contribution in [0.4, 0.5) is 0 Å². The van der Waals surface area contributed by atoms with E-state index in [1.807, 2.05) is 0 Å². The Balaban J connectivity index is 4.45. The second kappa shape index (κ2) is 36.7. The molecule has 0 aliphatic rings. The number of hydrogen-bond donors (Lipinski definition) is 0. The number of carboxylic acids is 1. The lowest BCUT2D eigenvalue weighted by atomic mass is 10.1. The summed E-state index contributed by atoms with van der Waals surface area (Å²) in [7, 11) is 5.38. The molecule has 0 saturated heterocycles. The molecule has 0 amide bonds. The number of carbonyl (C=O) groups excluding carboxylic acids is 3. The summed E-state index contributed by atoms with van der Waals surface area (Å²) in [5.41, 5.74) is 0. The van der Waals surface area contributed by atoms with Gasteiger partial charge in [-0.25, -0.2) is 0 Å². The highest BCUT2D eigenvalue weighted by Crippen LogP contribution is 2.12. The average Bonchev–Trinajstić information content (AvgIpc) is 3.12. The van der Waals surface area contributed by atoms with Crippen LogP contribution in [0.15, 0.2) is 72.9 Å². The second-order valence-electron chi connectivity index (χ2n) is 14.8. The molecule has 8 heteroatoms. The number of allylic oxidation sites excluding steroid dienone is 12. The Morgan fingerprint density at radius 3 is 1.57 bits per heavy atom. The number of carbonyl (C=O) groups is 3. The maximum absolute atomic E-state index is 12.7. The van der Waals surface area contributed by atoms with E-state index in [2.05, 4.69) is 86.8 Å². The Hall–Kier alpha value is -3.23. The van der Waals surface area contributed by atoms with Crippen molar-refractivity contribution in [1.82, 2.24) is 0 Å². The van der Waals surface area contributed by atoms with E-state index < -0.39 is 18.1 Å². The van der Waals surface area contributed by atoms with Gasteiger partial charge in [0.2, 0.25) is 0 Å². The van der Waals surface area contributed by atoms with E-state index in [1.165, 1.54) is 19.3 Å². The molecule has 2 unspecified atom stereocenters. The van der Waals surface area contributed by atoms with Gasteiger partial charge in [0.25, 0.3) is 0 Å². The molecule has 0 spiro atoms. The predicted molar refractivity (Wildman–Crippen MR) is 222 cm³/mol. The standard InChI is InChI=1S/C46H77NO7/c1-6-8-10-12-14-16-18-19-20-21-22-23-24-25-27-29-31-33-35-37-45(49)54-42(40-52-39-38-43(46(50)51)47(3,4)5)41-53-44(48)36-34-32-30-28-26-17-15-13-11-9-7-2/h8,10,13-16,19-20,22-23,25,27,42-43H,6-7,9,11-12,17-18,21,24,26,28-41H2,1-5H3/b10-8+,15-13+,16-14+,20-19+,23-22+,27-25+. The van der Waals surface area contributed by atoms with Crippen molar-refractivity contribution in [3.63, 3.8) is 0 Å². The molecule has 308 valence electrons. The Morgan fingerprint density at radius 2 is 1.04 bits per heavy atom. The fourth-order valence-electron chi connectivity index (χ4n) is 5.55. The van der Waals surface area contributed by atoms with Gasteiger partial charge in [0, 0.05) is 19.3 Å². The molecule has 0 aliphatic heterocycles. The van der Waals surface area contributed by atoms with Crippen LogP contribution < -0.4 is 5.11 Å². The largest absolute Gasteiger partial charge is 0.544 e. The van der Waals surface area contributed by atoms with E-state index in [4.69, 9.17) is 14.2 Å². The van der Waals surface area contributed by atoms with Crippen molar-refractivity contribution >= 4 is 17.9 Å². The minimum Gasteiger partial charge on any atom is -0.544 e. The number of carboxylic acid groups (broad SMARTS) is 1. The summed E-state index contributed by atoms with van der Waals surface area (Å²) in [6.45, 7) is 4.44. The Morgan fingerprint density at radius 1 is 0.574 bits per heavy atom. The van der Waals surface area contributed by atoms with Crippen LogP contribution in [0, 0.1) is 0 Å². The number of esters is 2. The zero-order valence-electron chi connectivity index (χ0n) is 34.9. The summed E-state index contributed by atoms with van der Waals surface area (Å²) < 4.78 is 17.1. The normalized spacial score (nSPS) is 13.7. The highest BCUT2D eigenvalue weighted by Gasteiger charge is 2.25. The summed E-state index contributed by atoms with van der Waals surface area (Å²) in [5.74, 6) is -1.80. The maximum atomic E-state index is 12.7. The third-order valence-corrected chi connectivity index (χ3v) is 8.83. The number of likely N-dealkylation sites (N-methyl/N-ethyl adjacent to an activating group) is 1. The van der Waals surface area contributed by atoms with Gasteiger partial charge in [0.15, 0.2) is 6.10 Å². The summed E-state index contributed by atoms with van der Waals surface area (Å²) in [5, 5.41) is 11.6. The van der Waals surface area contributed by atoms with Crippen LogP contribution in [0.3, 0.4) is 0 Å². The molecule has 0 radical (unpaired) electrons. The molecule has 8 nitrogen and oxygen atoms in total. The van der Waals surface area contributed by atoms with Gasteiger partial charge in [-0.05, 0) is 77.0 Å². The monoisotopic (exact) mass is 756 g/mol. The molecule has 54 heavy (non-hydrogen) atoms. The molecule has 0 N–H and O–H groups in total. The van der Waals surface area contributed by atoms with E-state index in [0.29, 0.717) is 12.8 Å². The van der Waals surface area contributed by atoms with Gasteiger partial charge in [-0.1, -0.05) is 125 Å². The molecule has 0 aromatic rings. The molecule has 0 fully saturated rings. The van der Waals surface area contributed by atoms with Crippen LogP contribution in [0.5, 0.6) is 0 Å². The molecule has 0 heterocycles. The number of hydrogen-bond acceptors (Lipinski definition) is 7. The van der Waals surface area contributed by atoms with Crippen LogP contribution in [0.1, 0.15) is 149 Å². The van der Waals surface area contributed by atoms with E-state index >= 15 is 0 Å². The van der Waals surface area contributed by atoms with Crippen molar-refractivity contribution in [2.75, 3.05) is 41.0 Å². The highest BCUT2D eigenvalue weighted by atomic mass is 16.6. The van der Waals surface area contributed by atoms with Gasteiger partial charge >= 0.3 is 11.9 Å². The van der Waals surface area contributed by atoms with E-state index in [0.717, 1.165) is 89.9 Å². The fourth-order valence-corrected chi connectivity index (χ4v) is 5.55. The number of ether oxygens (including phenoxy) is 3. The highest BCUT2D eigenvalue weighted by molar-refractivity contribution is 5.70. The van der Waals surface area contributed by atoms with Crippen LogP contribution in [0.2, 0.25) is 0 Å². The van der Waals surface area contributed by atoms with Crippen molar-refractivity contribution in [2.45, 2.75) is 161 Å². The van der Waals surface area contributed by atoms with Crippen LogP contribution in [-0.2, 0) is 28.6 Å². The van der Waals surface area contributed by atoms with Crippen molar-refractivity contribution in [2.24, 2.45) is 0 Å². The topological polar surface area (TPSA) is 102 Å². The van der Waals surface area contributed by atoms with Gasteiger partial charge in [0.05, 0.1) is 40.3 Å².